The second kappa shape index (κ2) is 9.60. The lowest BCUT2D eigenvalue weighted by atomic mass is 10.2. The van der Waals surface area contributed by atoms with E-state index in [1.54, 1.807) is 6.07 Å². The molecule has 0 aliphatic carbocycles. The topological polar surface area (TPSA) is 144 Å². The van der Waals surface area contributed by atoms with Gasteiger partial charge in [0, 0.05) is 19.2 Å². The fraction of sp³-hybridized carbons (Fsp3) is 0.278. The van der Waals surface area contributed by atoms with Crippen LogP contribution in [0.1, 0.15) is 5.56 Å². The lowest BCUT2D eigenvalue weighted by Gasteiger charge is -2.26. The van der Waals surface area contributed by atoms with E-state index in [2.05, 4.69) is 26.5 Å². The van der Waals surface area contributed by atoms with Crippen LogP contribution in [0.4, 0.5) is 11.4 Å². The van der Waals surface area contributed by atoms with Crippen LogP contribution >= 0.6 is 15.9 Å². The van der Waals surface area contributed by atoms with E-state index in [1.165, 1.54) is 35.8 Å². The van der Waals surface area contributed by atoms with Crippen molar-refractivity contribution in [3.63, 3.8) is 0 Å². The normalized spacial score (nSPS) is 15.2. The number of hydrazone groups is 1. The second-order valence-electron chi connectivity index (χ2n) is 6.38. The Balaban J connectivity index is 1.85. The predicted octanol–water partition coefficient (Wildman–Crippen LogP) is 2.54. The molecule has 31 heavy (non-hydrogen) atoms. The van der Waals surface area contributed by atoms with E-state index in [-0.39, 0.29) is 48.4 Å². The average Bonchev–Trinajstić information content (AvgIpc) is 2.76. The van der Waals surface area contributed by atoms with E-state index >= 15 is 0 Å². The number of benzene rings is 2. The number of aromatic hydroxyl groups is 1. The molecule has 166 valence electrons. The van der Waals surface area contributed by atoms with E-state index in [0.717, 1.165) is 6.07 Å². The van der Waals surface area contributed by atoms with Gasteiger partial charge in [0.15, 0.2) is 11.5 Å². The molecule has 0 saturated carbocycles. The number of phenols is 1. The van der Waals surface area contributed by atoms with Crippen molar-refractivity contribution >= 4 is 43.5 Å². The number of sulfonamides is 1. The maximum absolute atomic E-state index is 12.8. The highest BCUT2D eigenvalue weighted by atomic mass is 79.9. The van der Waals surface area contributed by atoms with Gasteiger partial charge >= 0.3 is 0 Å². The number of morpholine rings is 1. The summed E-state index contributed by atoms with van der Waals surface area (Å²) >= 11 is 3.19. The lowest BCUT2D eigenvalue weighted by Crippen LogP contribution is -2.40. The highest BCUT2D eigenvalue weighted by molar-refractivity contribution is 9.10. The number of ether oxygens (including phenoxy) is 2. The Hall–Kier alpha value is -2.74. The molecule has 0 atom stereocenters. The molecule has 0 spiro atoms. The lowest BCUT2D eigenvalue weighted by molar-refractivity contribution is -0.384. The first-order valence-corrected chi connectivity index (χ1v) is 11.2. The van der Waals surface area contributed by atoms with E-state index in [0.29, 0.717) is 10.0 Å². The number of hydrogen-bond acceptors (Lipinski definition) is 9. The summed E-state index contributed by atoms with van der Waals surface area (Å²) in [5.74, 6) is 0.153. The maximum atomic E-state index is 12.8. The number of nitrogens with one attached hydrogen (secondary N) is 1. The van der Waals surface area contributed by atoms with Gasteiger partial charge in [0.05, 0.1) is 40.8 Å². The Kier molecular flexibility index (Phi) is 7.10. The molecule has 11 nitrogen and oxygen atoms in total. The molecule has 13 heteroatoms. The maximum Gasteiger partial charge on any atom is 0.295 e. The molecule has 0 unspecified atom stereocenters. The van der Waals surface area contributed by atoms with Crippen LogP contribution in [-0.2, 0) is 14.8 Å². The second-order valence-corrected chi connectivity index (χ2v) is 9.17. The first-order chi connectivity index (χ1) is 14.7. The van der Waals surface area contributed by atoms with Gasteiger partial charge in [0.2, 0.25) is 10.0 Å². The molecule has 2 N–H and O–H groups in total. The number of nitro benzene ring substituents is 1. The van der Waals surface area contributed by atoms with E-state index in [9.17, 15) is 23.6 Å². The van der Waals surface area contributed by atoms with Gasteiger partial charge in [-0.2, -0.15) is 9.41 Å². The van der Waals surface area contributed by atoms with Crippen LogP contribution in [0.5, 0.6) is 11.5 Å². The van der Waals surface area contributed by atoms with Crippen LogP contribution < -0.4 is 10.2 Å². The summed E-state index contributed by atoms with van der Waals surface area (Å²) in [4.78, 5) is 10.6. The minimum atomic E-state index is -3.87. The minimum Gasteiger partial charge on any atom is -0.503 e. The third-order valence-electron chi connectivity index (χ3n) is 4.44. The first kappa shape index (κ1) is 22.9. The molecule has 1 heterocycles. The highest BCUT2D eigenvalue weighted by Crippen LogP contribution is 2.35. The fourth-order valence-corrected chi connectivity index (χ4v) is 4.74. The van der Waals surface area contributed by atoms with E-state index in [4.69, 9.17) is 9.47 Å². The highest BCUT2D eigenvalue weighted by Gasteiger charge is 2.28. The summed E-state index contributed by atoms with van der Waals surface area (Å²) in [5.41, 5.74) is 2.68. The van der Waals surface area contributed by atoms with Crippen molar-refractivity contribution in [3.8, 4) is 11.5 Å². The molecule has 2 aromatic rings. The molecule has 1 aliphatic rings. The van der Waals surface area contributed by atoms with Gasteiger partial charge in [0.1, 0.15) is 5.69 Å². The monoisotopic (exact) mass is 514 g/mol. The van der Waals surface area contributed by atoms with Gasteiger partial charge in [-0.15, -0.1) is 0 Å². The molecule has 2 aromatic carbocycles. The summed E-state index contributed by atoms with van der Waals surface area (Å²) in [6.07, 6.45) is 1.37. The van der Waals surface area contributed by atoms with Crippen LogP contribution in [0.25, 0.3) is 0 Å². The van der Waals surface area contributed by atoms with Crippen molar-refractivity contribution in [3.05, 3.63) is 50.5 Å². The van der Waals surface area contributed by atoms with Crippen molar-refractivity contribution in [2.45, 2.75) is 4.90 Å². The molecular weight excluding hydrogens is 496 g/mol. The summed E-state index contributed by atoms with van der Waals surface area (Å²) < 4.78 is 37.3. The minimum absolute atomic E-state index is 0.0204. The average molecular weight is 515 g/mol. The number of nitro groups is 1. The van der Waals surface area contributed by atoms with Gasteiger partial charge < -0.3 is 14.6 Å². The quantitative estimate of drug-likeness (QED) is 0.325. The van der Waals surface area contributed by atoms with Crippen molar-refractivity contribution in [2.24, 2.45) is 5.10 Å². The van der Waals surface area contributed by atoms with Crippen LogP contribution in [0.3, 0.4) is 0 Å². The Morgan fingerprint density at radius 2 is 2.03 bits per heavy atom. The largest absolute Gasteiger partial charge is 0.503 e. The van der Waals surface area contributed by atoms with E-state index in [1.807, 2.05) is 0 Å². The van der Waals surface area contributed by atoms with Crippen LogP contribution in [0.15, 0.2) is 44.8 Å². The molecule has 0 amide bonds. The summed E-state index contributed by atoms with van der Waals surface area (Å²) in [7, 11) is -2.48. The SMILES string of the molecule is COc1cc(/C=N/Nc2ccc(S(=O)(=O)N3CCOCC3)cc2[N+](=O)[O-])cc(Br)c1O. The van der Waals surface area contributed by atoms with Gasteiger partial charge in [0.25, 0.3) is 5.69 Å². The zero-order valence-electron chi connectivity index (χ0n) is 16.3. The third kappa shape index (κ3) is 5.12. The molecule has 0 radical (unpaired) electrons. The fourth-order valence-electron chi connectivity index (χ4n) is 2.85. The molecule has 1 saturated heterocycles. The number of hydrogen-bond donors (Lipinski definition) is 2. The summed E-state index contributed by atoms with van der Waals surface area (Å²) in [6, 6.07) is 6.68. The number of anilines is 1. The van der Waals surface area contributed by atoms with Crippen LogP contribution in [0.2, 0.25) is 0 Å². The zero-order chi connectivity index (χ0) is 22.6. The van der Waals surface area contributed by atoms with Gasteiger partial charge in [-0.3, -0.25) is 15.5 Å². The summed E-state index contributed by atoms with van der Waals surface area (Å²) in [6.45, 7) is 0.916. The standard InChI is InChI=1S/C18H19BrN4O7S/c1-29-17-9-12(8-14(19)18(17)24)11-20-21-15-3-2-13(10-16(15)23(25)26)31(27,28)22-4-6-30-7-5-22/h2-3,8-11,21,24H,4-7H2,1H3/b20-11+. The number of phenolic OH excluding ortho intramolecular Hbond substituents is 1. The van der Waals surface area contributed by atoms with Crippen molar-refractivity contribution in [2.75, 3.05) is 38.8 Å². The van der Waals surface area contributed by atoms with Gasteiger partial charge in [-0.1, -0.05) is 0 Å². The number of nitrogens with zero attached hydrogens (tertiary/aromatic N) is 3. The van der Waals surface area contributed by atoms with Crippen molar-refractivity contribution in [1.29, 1.82) is 0 Å². The van der Waals surface area contributed by atoms with Crippen molar-refractivity contribution < 1.29 is 27.9 Å². The molecule has 0 aromatic heterocycles. The molecule has 0 bridgehead atoms. The summed E-state index contributed by atoms with van der Waals surface area (Å²) in [5, 5.41) is 25.3. The predicted molar refractivity (Wildman–Crippen MR) is 116 cm³/mol. The Labute approximate surface area is 186 Å². The molecule has 3 rings (SSSR count). The first-order valence-electron chi connectivity index (χ1n) is 8.96. The van der Waals surface area contributed by atoms with Crippen molar-refractivity contribution in [1.82, 2.24) is 4.31 Å². The Morgan fingerprint density at radius 1 is 1.32 bits per heavy atom. The van der Waals surface area contributed by atoms with Crippen LogP contribution in [-0.4, -0.2) is 62.4 Å². The number of halogens is 1. The van der Waals surface area contributed by atoms with E-state index < -0.39 is 20.6 Å². The zero-order valence-corrected chi connectivity index (χ0v) is 18.7. The number of rotatable bonds is 7. The molecule has 1 aliphatic heterocycles. The smallest absolute Gasteiger partial charge is 0.295 e. The van der Waals surface area contributed by atoms with Gasteiger partial charge in [-0.05, 0) is 45.8 Å². The third-order valence-corrected chi connectivity index (χ3v) is 6.94. The Morgan fingerprint density at radius 3 is 2.68 bits per heavy atom. The number of methoxy groups -OCH3 is 1. The Bertz CT molecular complexity index is 1120. The molecular formula is C18H19BrN4O7S. The van der Waals surface area contributed by atoms with Gasteiger partial charge in [-0.25, -0.2) is 8.42 Å². The molecule has 1 fully saturated rings. The van der Waals surface area contributed by atoms with Crippen LogP contribution in [0, 0.1) is 10.1 Å².